The van der Waals surface area contributed by atoms with E-state index in [0.717, 1.165) is 0 Å². The average molecular weight is 479 g/mol. The molecule has 33 heavy (non-hydrogen) atoms. The van der Waals surface area contributed by atoms with Crippen molar-refractivity contribution in [1.82, 2.24) is 10.2 Å². The number of hydrogen-bond acceptors (Lipinski definition) is 9. The second-order valence-corrected chi connectivity index (χ2v) is 8.39. The van der Waals surface area contributed by atoms with Gasteiger partial charge in [0, 0.05) is 33.1 Å². The summed E-state index contributed by atoms with van der Waals surface area (Å²) in [4.78, 5) is 25.7. The number of unbranched alkanes of at least 4 members (excludes halogenated alkanes) is 2. The van der Waals surface area contributed by atoms with Crippen LogP contribution in [0.15, 0.2) is 0 Å². The fraction of sp³-hybridized carbons (Fsp3) is 0.909. The Bertz CT molecular complexity index is 564. The molecular weight excluding hydrogens is 436 g/mol. The zero-order chi connectivity index (χ0) is 24.8. The third-order valence-corrected chi connectivity index (χ3v) is 5.48. The first-order valence-electron chi connectivity index (χ1n) is 11.7. The van der Waals surface area contributed by atoms with Crippen LogP contribution < -0.4 is 5.32 Å². The minimum Gasteiger partial charge on any atom is -0.394 e. The minimum absolute atomic E-state index is 0.00731. The molecule has 6 atom stereocenters. The van der Waals surface area contributed by atoms with Gasteiger partial charge in [-0.3, -0.25) is 9.59 Å². The summed E-state index contributed by atoms with van der Waals surface area (Å²) in [5, 5.41) is 41.1. The zero-order valence-electron chi connectivity index (χ0n) is 20.0. The summed E-state index contributed by atoms with van der Waals surface area (Å²) in [6.07, 6.45) is -0.643. The standard InChI is InChI=1S/C22H42N2O9/c1-4-31-14-17-10-18(29)11-24(17)21(30)8-6-5-7-9-32-22(19(12-25)23-16(3)28)33-20(13-26)15(2)27/h15,17-20,22,25-27,29H,4-14H2,1-3H3,(H,23,28)/t15-,17+,18-,19+,20?,22?/m1/s1. The van der Waals surface area contributed by atoms with E-state index in [1.165, 1.54) is 13.8 Å². The molecule has 1 aliphatic rings. The molecule has 1 aliphatic heterocycles. The van der Waals surface area contributed by atoms with Crippen LogP contribution in [0.4, 0.5) is 0 Å². The highest BCUT2D eigenvalue weighted by Gasteiger charge is 2.34. The first kappa shape index (κ1) is 29.7. The van der Waals surface area contributed by atoms with Gasteiger partial charge in [0.05, 0.1) is 38.1 Å². The maximum Gasteiger partial charge on any atom is 0.222 e. The number of aliphatic hydroxyl groups is 4. The highest BCUT2D eigenvalue weighted by molar-refractivity contribution is 5.77. The Hall–Kier alpha value is -1.34. The maximum atomic E-state index is 12.5. The van der Waals surface area contributed by atoms with E-state index in [4.69, 9.17) is 14.2 Å². The van der Waals surface area contributed by atoms with Crippen molar-refractivity contribution in [1.29, 1.82) is 0 Å². The van der Waals surface area contributed by atoms with Gasteiger partial charge < -0.3 is 44.9 Å². The molecule has 0 saturated carbocycles. The van der Waals surface area contributed by atoms with Crippen molar-refractivity contribution in [3.8, 4) is 0 Å². The number of aliphatic hydroxyl groups excluding tert-OH is 4. The number of nitrogens with zero attached hydrogens (tertiary/aromatic N) is 1. The zero-order valence-corrected chi connectivity index (χ0v) is 20.0. The molecule has 0 aromatic rings. The van der Waals surface area contributed by atoms with Gasteiger partial charge in [-0.05, 0) is 33.1 Å². The van der Waals surface area contributed by atoms with Crippen LogP contribution in [0.1, 0.15) is 52.9 Å². The number of hydrogen-bond donors (Lipinski definition) is 5. The Morgan fingerprint density at radius 2 is 1.91 bits per heavy atom. The number of carbonyl (C=O) groups excluding carboxylic acids is 2. The van der Waals surface area contributed by atoms with Gasteiger partial charge in [0.2, 0.25) is 11.8 Å². The van der Waals surface area contributed by atoms with Gasteiger partial charge in [-0.25, -0.2) is 0 Å². The van der Waals surface area contributed by atoms with Gasteiger partial charge in [0.15, 0.2) is 6.29 Å². The molecule has 2 amide bonds. The molecule has 11 nitrogen and oxygen atoms in total. The molecule has 2 unspecified atom stereocenters. The summed E-state index contributed by atoms with van der Waals surface area (Å²) >= 11 is 0. The van der Waals surface area contributed by atoms with Crippen molar-refractivity contribution >= 4 is 11.8 Å². The van der Waals surface area contributed by atoms with Crippen LogP contribution in [0, 0.1) is 0 Å². The lowest BCUT2D eigenvalue weighted by molar-refractivity contribution is -0.214. The van der Waals surface area contributed by atoms with Crippen LogP contribution in [0.2, 0.25) is 0 Å². The summed E-state index contributed by atoms with van der Waals surface area (Å²) < 4.78 is 16.7. The first-order chi connectivity index (χ1) is 15.7. The normalized spacial score (nSPS) is 22.1. The Balaban J connectivity index is 2.45. The van der Waals surface area contributed by atoms with Crippen LogP contribution >= 0.6 is 0 Å². The Kier molecular flexibility index (Phi) is 14.7. The summed E-state index contributed by atoms with van der Waals surface area (Å²) in [6.45, 7) is 5.32. The predicted molar refractivity (Wildman–Crippen MR) is 119 cm³/mol. The van der Waals surface area contributed by atoms with Gasteiger partial charge in [-0.2, -0.15) is 0 Å². The Labute approximate surface area is 196 Å². The van der Waals surface area contributed by atoms with Crippen molar-refractivity contribution in [2.24, 2.45) is 0 Å². The molecule has 11 heteroatoms. The third-order valence-electron chi connectivity index (χ3n) is 5.48. The van der Waals surface area contributed by atoms with E-state index in [-0.39, 0.29) is 24.5 Å². The Morgan fingerprint density at radius 3 is 2.48 bits per heavy atom. The SMILES string of the molecule is CCOC[C@@H]1C[C@@H](O)CN1C(=O)CCCCCOC(OC(CO)[C@@H](C)O)[C@H](CO)NC(C)=O. The second kappa shape index (κ2) is 16.3. The lowest BCUT2D eigenvalue weighted by atomic mass is 10.1. The smallest absolute Gasteiger partial charge is 0.222 e. The summed E-state index contributed by atoms with van der Waals surface area (Å²) in [5.41, 5.74) is 0. The number of nitrogens with one attached hydrogen (secondary N) is 1. The Morgan fingerprint density at radius 1 is 1.18 bits per heavy atom. The van der Waals surface area contributed by atoms with Gasteiger partial charge in [-0.15, -0.1) is 0 Å². The van der Waals surface area contributed by atoms with Crippen LogP contribution in [-0.2, 0) is 23.8 Å². The predicted octanol–water partition coefficient (Wildman–Crippen LogP) is -0.857. The molecule has 194 valence electrons. The molecule has 0 aromatic heterocycles. The van der Waals surface area contributed by atoms with Crippen molar-refractivity contribution in [3.63, 3.8) is 0 Å². The number of likely N-dealkylation sites (tertiary alicyclic amines) is 1. The molecule has 0 radical (unpaired) electrons. The maximum absolute atomic E-state index is 12.5. The first-order valence-corrected chi connectivity index (χ1v) is 11.7. The van der Waals surface area contributed by atoms with Gasteiger partial charge in [0.25, 0.3) is 0 Å². The quantitative estimate of drug-likeness (QED) is 0.133. The van der Waals surface area contributed by atoms with Crippen molar-refractivity contribution in [2.45, 2.75) is 89.6 Å². The van der Waals surface area contributed by atoms with Crippen LogP contribution in [-0.4, -0.2) is 113 Å². The summed E-state index contributed by atoms with van der Waals surface area (Å²) in [6, 6.07) is -0.952. The third kappa shape index (κ3) is 11.1. The van der Waals surface area contributed by atoms with Crippen LogP contribution in [0.5, 0.6) is 0 Å². The van der Waals surface area contributed by atoms with E-state index < -0.39 is 43.9 Å². The van der Waals surface area contributed by atoms with Crippen molar-refractivity contribution < 1.29 is 44.2 Å². The average Bonchev–Trinajstić information content (AvgIpc) is 3.15. The lowest BCUT2D eigenvalue weighted by Crippen LogP contribution is -2.50. The molecule has 1 fully saturated rings. The number of carbonyl (C=O) groups is 2. The highest BCUT2D eigenvalue weighted by atomic mass is 16.7. The molecule has 1 saturated heterocycles. The summed E-state index contributed by atoms with van der Waals surface area (Å²) in [7, 11) is 0. The fourth-order valence-corrected chi connectivity index (χ4v) is 3.70. The molecule has 0 aromatic carbocycles. The molecule has 0 bridgehead atoms. The van der Waals surface area contributed by atoms with E-state index in [1.807, 2.05) is 6.92 Å². The highest BCUT2D eigenvalue weighted by Crippen LogP contribution is 2.20. The van der Waals surface area contributed by atoms with Crippen LogP contribution in [0.25, 0.3) is 0 Å². The number of amides is 2. The van der Waals surface area contributed by atoms with E-state index in [0.29, 0.717) is 51.9 Å². The lowest BCUT2D eigenvalue weighted by Gasteiger charge is -2.30. The monoisotopic (exact) mass is 478 g/mol. The topological polar surface area (TPSA) is 158 Å². The number of rotatable bonds is 17. The molecular formula is C22H42N2O9. The number of ether oxygens (including phenoxy) is 3. The van der Waals surface area contributed by atoms with E-state index in [1.54, 1.807) is 4.90 Å². The largest absolute Gasteiger partial charge is 0.394 e. The van der Waals surface area contributed by atoms with E-state index in [9.17, 15) is 30.0 Å². The van der Waals surface area contributed by atoms with Crippen LogP contribution in [0.3, 0.4) is 0 Å². The molecule has 5 N–H and O–H groups in total. The van der Waals surface area contributed by atoms with E-state index >= 15 is 0 Å². The van der Waals surface area contributed by atoms with E-state index in [2.05, 4.69) is 5.32 Å². The molecule has 1 rings (SSSR count). The number of β-amino-alcohol motifs (C(OH)–C–C–N with tert-alkyl or cyclic N) is 1. The fourth-order valence-electron chi connectivity index (χ4n) is 3.70. The van der Waals surface area contributed by atoms with Crippen molar-refractivity contribution in [2.75, 3.05) is 39.6 Å². The second-order valence-electron chi connectivity index (χ2n) is 8.39. The molecule has 0 spiro atoms. The van der Waals surface area contributed by atoms with Gasteiger partial charge in [-0.1, -0.05) is 6.42 Å². The van der Waals surface area contributed by atoms with Gasteiger partial charge >= 0.3 is 0 Å². The van der Waals surface area contributed by atoms with Crippen molar-refractivity contribution in [3.05, 3.63) is 0 Å². The molecule has 1 heterocycles. The minimum atomic E-state index is -1.06. The summed E-state index contributed by atoms with van der Waals surface area (Å²) in [5.74, 6) is -0.385. The van der Waals surface area contributed by atoms with Gasteiger partial charge in [0.1, 0.15) is 12.1 Å². The molecule has 0 aliphatic carbocycles.